The van der Waals surface area contributed by atoms with E-state index in [0.717, 1.165) is 16.7 Å². The van der Waals surface area contributed by atoms with Crippen molar-refractivity contribution in [2.24, 2.45) is 0 Å². The van der Waals surface area contributed by atoms with Crippen LogP contribution in [0.25, 0.3) is 11.0 Å². The quantitative estimate of drug-likeness (QED) is 0.734. The minimum atomic E-state index is -0.399. The minimum absolute atomic E-state index is 0.113. The molecule has 1 aromatic heterocycles. The van der Waals surface area contributed by atoms with E-state index in [4.69, 9.17) is 9.68 Å². The van der Waals surface area contributed by atoms with Crippen LogP contribution in [0.15, 0.2) is 45.6 Å². The first-order valence-electron chi connectivity index (χ1n) is 7.24. The molecule has 1 heterocycles. The number of aromatic hydroxyl groups is 1. The summed E-state index contributed by atoms with van der Waals surface area (Å²) < 4.78 is 5.38. The van der Waals surface area contributed by atoms with Gasteiger partial charge in [-0.2, -0.15) is 5.26 Å². The van der Waals surface area contributed by atoms with Crippen LogP contribution in [0.3, 0.4) is 0 Å². The zero-order valence-electron chi connectivity index (χ0n) is 12.9. The minimum Gasteiger partial charge on any atom is -0.507 e. The summed E-state index contributed by atoms with van der Waals surface area (Å²) in [5.74, 6) is 0.113. The number of nitriles is 1. The fourth-order valence-corrected chi connectivity index (χ4v) is 2.76. The third kappa shape index (κ3) is 2.69. The molecule has 0 saturated carbocycles. The van der Waals surface area contributed by atoms with Crippen LogP contribution in [0, 0.1) is 25.2 Å². The molecule has 3 aromatic rings. The topological polar surface area (TPSA) is 74.2 Å². The van der Waals surface area contributed by atoms with E-state index in [1.54, 1.807) is 24.3 Å². The first kappa shape index (κ1) is 14.9. The molecule has 4 nitrogen and oxygen atoms in total. The molecule has 3 rings (SSSR count). The molecular weight excluding hydrogens is 290 g/mol. The van der Waals surface area contributed by atoms with Gasteiger partial charge < -0.3 is 9.52 Å². The van der Waals surface area contributed by atoms with Crippen LogP contribution in [0.2, 0.25) is 0 Å². The van der Waals surface area contributed by atoms with Gasteiger partial charge in [0.15, 0.2) is 0 Å². The highest BCUT2D eigenvalue weighted by atomic mass is 16.4. The Morgan fingerprint density at radius 3 is 2.52 bits per heavy atom. The van der Waals surface area contributed by atoms with Crippen molar-refractivity contribution in [3.8, 4) is 11.8 Å². The Labute approximate surface area is 133 Å². The van der Waals surface area contributed by atoms with Crippen LogP contribution in [-0.2, 0) is 6.42 Å². The largest absolute Gasteiger partial charge is 0.507 e. The summed E-state index contributed by atoms with van der Waals surface area (Å²) >= 11 is 0. The van der Waals surface area contributed by atoms with E-state index in [9.17, 15) is 9.90 Å². The molecule has 0 unspecified atom stereocenters. The third-order valence-corrected chi connectivity index (χ3v) is 3.97. The molecule has 4 heteroatoms. The van der Waals surface area contributed by atoms with Gasteiger partial charge in [0.05, 0.1) is 17.0 Å². The van der Waals surface area contributed by atoms with E-state index in [1.807, 2.05) is 26.0 Å². The Kier molecular flexibility index (Phi) is 3.63. The highest BCUT2D eigenvalue weighted by Crippen LogP contribution is 2.30. The van der Waals surface area contributed by atoms with Gasteiger partial charge in [0.25, 0.3) is 0 Å². The fraction of sp³-hybridized carbons (Fsp3) is 0.158. The average molecular weight is 305 g/mol. The van der Waals surface area contributed by atoms with E-state index < -0.39 is 5.63 Å². The maximum absolute atomic E-state index is 12.3. The standard InChI is InChI=1S/C19H15NO3/c1-11-7-16(21)18-12(2)15(19(22)23-17(18)8-11)9-13-3-5-14(10-20)6-4-13/h3-8,21H,9H2,1-2H3. The fourth-order valence-electron chi connectivity index (χ4n) is 2.76. The summed E-state index contributed by atoms with van der Waals surface area (Å²) in [4.78, 5) is 12.3. The third-order valence-electron chi connectivity index (χ3n) is 3.97. The van der Waals surface area contributed by atoms with E-state index >= 15 is 0 Å². The van der Waals surface area contributed by atoms with Crippen molar-refractivity contribution in [2.45, 2.75) is 20.3 Å². The van der Waals surface area contributed by atoms with Crippen LogP contribution in [0.5, 0.6) is 5.75 Å². The monoisotopic (exact) mass is 305 g/mol. The lowest BCUT2D eigenvalue weighted by Crippen LogP contribution is -2.11. The lowest BCUT2D eigenvalue weighted by atomic mass is 9.98. The molecule has 0 atom stereocenters. The molecule has 1 N–H and O–H groups in total. The normalized spacial score (nSPS) is 10.7. The van der Waals surface area contributed by atoms with Crippen LogP contribution >= 0.6 is 0 Å². The lowest BCUT2D eigenvalue weighted by Gasteiger charge is -2.10. The molecule has 2 aromatic carbocycles. The molecule has 0 amide bonds. The average Bonchev–Trinajstić information content (AvgIpc) is 2.51. The van der Waals surface area contributed by atoms with Crippen LogP contribution < -0.4 is 5.63 Å². The number of rotatable bonds is 2. The SMILES string of the molecule is Cc1cc(O)c2c(C)c(Cc3ccc(C#N)cc3)c(=O)oc2c1. The van der Waals surface area contributed by atoms with Gasteiger partial charge in [0, 0.05) is 12.0 Å². The molecule has 0 aliphatic rings. The second-order valence-corrected chi connectivity index (χ2v) is 5.64. The summed E-state index contributed by atoms with van der Waals surface area (Å²) in [7, 11) is 0. The number of fused-ring (bicyclic) bond motifs is 1. The summed E-state index contributed by atoms with van der Waals surface area (Å²) in [6, 6.07) is 12.5. The summed E-state index contributed by atoms with van der Waals surface area (Å²) in [5.41, 5.74) is 3.55. The van der Waals surface area contributed by atoms with Crippen LogP contribution in [0.1, 0.15) is 27.8 Å². The Morgan fingerprint density at radius 1 is 1.17 bits per heavy atom. The number of aryl methyl sites for hydroxylation is 2. The van der Waals surface area contributed by atoms with Crippen molar-refractivity contribution in [3.05, 3.63) is 74.6 Å². The smallest absolute Gasteiger partial charge is 0.340 e. The van der Waals surface area contributed by atoms with Crippen LogP contribution in [0.4, 0.5) is 0 Å². The number of phenolic OH excluding ortho intramolecular Hbond substituents is 1. The predicted octanol–water partition coefficient (Wildman–Crippen LogP) is 3.58. The van der Waals surface area contributed by atoms with Crippen molar-refractivity contribution in [1.29, 1.82) is 5.26 Å². The predicted molar refractivity (Wildman–Crippen MR) is 87.6 cm³/mol. The second-order valence-electron chi connectivity index (χ2n) is 5.64. The van der Waals surface area contributed by atoms with Crippen molar-refractivity contribution in [2.75, 3.05) is 0 Å². The van der Waals surface area contributed by atoms with E-state index in [1.165, 1.54) is 0 Å². The van der Waals surface area contributed by atoms with Crippen molar-refractivity contribution in [1.82, 2.24) is 0 Å². The maximum atomic E-state index is 12.3. The molecule has 114 valence electrons. The number of nitrogens with zero attached hydrogens (tertiary/aromatic N) is 1. The summed E-state index contributed by atoms with van der Waals surface area (Å²) in [6.45, 7) is 3.65. The molecule has 0 saturated heterocycles. The lowest BCUT2D eigenvalue weighted by molar-refractivity contribution is 0.477. The highest BCUT2D eigenvalue weighted by Gasteiger charge is 2.15. The van der Waals surface area contributed by atoms with Gasteiger partial charge in [-0.25, -0.2) is 4.79 Å². The zero-order valence-corrected chi connectivity index (χ0v) is 12.9. The number of phenols is 1. The van der Waals surface area contributed by atoms with Crippen LogP contribution in [-0.4, -0.2) is 5.11 Å². The van der Waals surface area contributed by atoms with Gasteiger partial charge in [-0.05, 0) is 54.8 Å². The Hall–Kier alpha value is -3.06. The van der Waals surface area contributed by atoms with Crippen molar-refractivity contribution < 1.29 is 9.52 Å². The molecular formula is C19H15NO3. The van der Waals surface area contributed by atoms with Crippen molar-refractivity contribution in [3.63, 3.8) is 0 Å². The number of hydrogen-bond donors (Lipinski definition) is 1. The highest BCUT2D eigenvalue weighted by molar-refractivity contribution is 5.87. The molecule has 0 aliphatic heterocycles. The molecule has 0 fully saturated rings. The van der Waals surface area contributed by atoms with Gasteiger partial charge >= 0.3 is 5.63 Å². The second kappa shape index (κ2) is 5.62. The Morgan fingerprint density at radius 2 is 1.87 bits per heavy atom. The summed E-state index contributed by atoms with van der Waals surface area (Å²) in [5, 5.41) is 19.6. The van der Waals surface area contributed by atoms with E-state index in [0.29, 0.717) is 28.5 Å². The zero-order chi connectivity index (χ0) is 16.6. The maximum Gasteiger partial charge on any atom is 0.340 e. The number of hydrogen-bond acceptors (Lipinski definition) is 4. The van der Waals surface area contributed by atoms with Crippen molar-refractivity contribution >= 4 is 11.0 Å². The molecule has 0 spiro atoms. The van der Waals surface area contributed by atoms with Gasteiger partial charge in [-0.1, -0.05) is 12.1 Å². The van der Waals surface area contributed by atoms with E-state index in [2.05, 4.69) is 6.07 Å². The Balaban J connectivity index is 2.14. The van der Waals surface area contributed by atoms with Gasteiger partial charge in [0.2, 0.25) is 0 Å². The Bertz CT molecular complexity index is 992. The molecule has 23 heavy (non-hydrogen) atoms. The van der Waals surface area contributed by atoms with Gasteiger partial charge in [-0.3, -0.25) is 0 Å². The molecule has 0 bridgehead atoms. The molecule has 0 aliphatic carbocycles. The molecule has 0 radical (unpaired) electrons. The first-order chi connectivity index (χ1) is 11.0. The summed E-state index contributed by atoms with van der Waals surface area (Å²) in [6.07, 6.45) is 0.392. The van der Waals surface area contributed by atoms with Gasteiger partial charge in [0.1, 0.15) is 11.3 Å². The first-order valence-corrected chi connectivity index (χ1v) is 7.24. The number of benzene rings is 2. The van der Waals surface area contributed by atoms with E-state index in [-0.39, 0.29) is 5.75 Å². The van der Waals surface area contributed by atoms with Gasteiger partial charge in [-0.15, -0.1) is 0 Å².